The largest absolute Gasteiger partial charge is 0.368 e. The molecule has 0 atom stereocenters. The predicted molar refractivity (Wildman–Crippen MR) is 62.9 cm³/mol. The van der Waals surface area contributed by atoms with Gasteiger partial charge in [0.1, 0.15) is 11.5 Å². The fourth-order valence-electron chi connectivity index (χ4n) is 1.90. The summed E-state index contributed by atoms with van der Waals surface area (Å²) in [4.78, 5) is 2.90. The van der Waals surface area contributed by atoms with Gasteiger partial charge in [-0.1, -0.05) is 5.16 Å². The van der Waals surface area contributed by atoms with Crippen LogP contribution in [0.3, 0.4) is 0 Å². The second-order valence-corrected chi connectivity index (χ2v) is 3.97. The SMILES string of the molecule is Cc1c[nH]c2c(F)cc(-c3cc(N)on3)cc12. The standard InChI is InChI=1S/C12H10FN3O/c1-6-5-15-12-8(6)2-7(3-9(12)13)10-4-11(14)17-16-10/h2-5,15H,14H2,1H3. The van der Waals surface area contributed by atoms with Crippen LogP contribution in [0.2, 0.25) is 0 Å². The Morgan fingerprint density at radius 1 is 1.35 bits per heavy atom. The van der Waals surface area contributed by atoms with Gasteiger partial charge in [-0.25, -0.2) is 4.39 Å². The van der Waals surface area contributed by atoms with Crippen molar-refractivity contribution in [1.82, 2.24) is 10.1 Å². The van der Waals surface area contributed by atoms with Gasteiger partial charge < -0.3 is 15.2 Å². The second-order valence-electron chi connectivity index (χ2n) is 3.97. The van der Waals surface area contributed by atoms with Crippen molar-refractivity contribution in [1.29, 1.82) is 0 Å². The van der Waals surface area contributed by atoms with E-state index >= 15 is 0 Å². The van der Waals surface area contributed by atoms with Crippen LogP contribution in [-0.4, -0.2) is 10.1 Å². The van der Waals surface area contributed by atoms with E-state index in [1.54, 1.807) is 12.3 Å². The number of nitrogen functional groups attached to an aromatic ring is 1. The van der Waals surface area contributed by atoms with Crippen molar-refractivity contribution in [3.63, 3.8) is 0 Å². The zero-order chi connectivity index (χ0) is 12.0. The maximum absolute atomic E-state index is 13.8. The predicted octanol–water partition coefficient (Wildman–Crippen LogP) is 2.85. The molecule has 86 valence electrons. The summed E-state index contributed by atoms with van der Waals surface area (Å²) < 4.78 is 18.6. The molecule has 3 N–H and O–H groups in total. The molecule has 0 saturated heterocycles. The molecule has 3 aromatic rings. The third kappa shape index (κ3) is 1.47. The van der Waals surface area contributed by atoms with E-state index < -0.39 is 0 Å². The lowest BCUT2D eigenvalue weighted by Gasteiger charge is -1.99. The topological polar surface area (TPSA) is 67.8 Å². The van der Waals surface area contributed by atoms with E-state index in [2.05, 4.69) is 10.1 Å². The van der Waals surface area contributed by atoms with E-state index in [0.29, 0.717) is 16.8 Å². The lowest BCUT2D eigenvalue weighted by Crippen LogP contribution is -1.83. The molecule has 0 radical (unpaired) electrons. The molecule has 0 bridgehead atoms. The van der Waals surface area contributed by atoms with Crippen molar-refractivity contribution >= 4 is 16.8 Å². The minimum Gasteiger partial charge on any atom is -0.368 e. The van der Waals surface area contributed by atoms with Crippen LogP contribution < -0.4 is 5.73 Å². The summed E-state index contributed by atoms with van der Waals surface area (Å²) in [6, 6.07) is 4.85. The summed E-state index contributed by atoms with van der Waals surface area (Å²) >= 11 is 0. The van der Waals surface area contributed by atoms with Gasteiger partial charge in [-0.15, -0.1) is 0 Å². The van der Waals surface area contributed by atoms with Crippen LogP contribution >= 0.6 is 0 Å². The number of anilines is 1. The van der Waals surface area contributed by atoms with E-state index in [-0.39, 0.29) is 11.7 Å². The van der Waals surface area contributed by atoms with Crippen LogP contribution in [0.4, 0.5) is 10.3 Å². The quantitative estimate of drug-likeness (QED) is 0.676. The molecule has 1 aromatic carbocycles. The average Bonchev–Trinajstić information content (AvgIpc) is 2.87. The molecular weight excluding hydrogens is 221 g/mol. The van der Waals surface area contributed by atoms with Crippen LogP contribution in [0.1, 0.15) is 5.56 Å². The Bertz CT molecular complexity index is 699. The third-order valence-electron chi connectivity index (χ3n) is 2.77. The van der Waals surface area contributed by atoms with Crippen LogP contribution in [-0.2, 0) is 0 Å². The van der Waals surface area contributed by atoms with Crippen LogP contribution in [0, 0.1) is 12.7 Å². The summed E-state index contributed by atoms with van der Waals surface area (Å²) in [6.07, 6.45) is 1.77. The molecule has 0 aliphatic heterocycles. The molecule has 17 heavy (non-hydrogen) atoms. The number of fused-ring (bicyclic) bond motifs is 1. The maximum atomic E-state index is 13.8. The second kappa shape index (κ2) is 3.35. The fraction of sp³-hybridized carbons (Fsp3) is 0.0833. The number of benzene rings is 1. The molecule has 0 unspecified atom stereocenters. The molecule has 0 amide bonds. The summed E-state index contributed by atoms with van der Waals surface area (Å²) in [5.74, 6) is -0.0986. The van der Waals surface area contributed by atoms with Crippen molar-refractivity contribution < 1.29 is 8.91 Å². The van der Waals surface area contributed by atoms with Gasteiger partial charge in [-0.2, -0.15) is 0 Å². The molecule has 0 saturated carbocycles. The Balaban J connectivity index is 2.27. The smallest absolute Gasteiger partial charge is 0.222 e. The van der Waals surface area contributed by atoms with Gasteiger partial charge in [-0.05, 0) is 24.6 Å². The molecule has 5 heteroatoms. The first-order valence-corrected chi connectivity index (χ1v) is 5.15. The van der Waals surface area contributed by atoms with E-state index in [9.17, 15) is 4.39 Å². The number of halogens is 1. The monoisotopic (exact) mass is 231 g/mol. The van der Waals surface area contributed by atoms with Gasteiger partial charge >= 0.3 is 0 Å². The van der Waals surface area contributed by atoms with Crippen LogP contribution in [0.15, 0.2) is 28.9 Å². The highest BCUT2D eigenvalue weighted by molar-refractivity contribution is 5.88. The maximum Gasteiger partial charge on any atom is 0.222 e. The number of nitrogens with one attached hydrogen (secondary N) is 1. The Morgan fingerprint density at radius 3 is 2.88 bits per heavy atom. The molecule has 3 rings (SSSR count). The van der Waals surface area contributed by atoms with Crippen molar-refractivity contribution in [3.8, 4) is 11.3 Å². The van der Waals surface area contributed by atoms with E-state index in [0.717, 1.165) is 10.9 Å². The number of rotatable bonds is 1. The summed E-state index contributed by atoms with van der Waals surface area (Å²) in [5, 5.41) is 4.61. The minimum absolute atomic E-state index is 0.214. The summed E-state index contributed by atoms with van der Waals surface area (Å²) in [6.45, 7) is 1.92. The number of hydrogen-bond donors (Lipinski definition) is 2. The van der Waals surface area contributed by atoms with E-state index in [4.69, 9.17) is 10.3 Å². The van der Waals surface area contributed by atoms with Gasteiger partial charge in [0.25, 0.3) is 0 Å². The zero-order valence-electron chi connectivity index (χ0n) is 9.12. The zero-order valence-corrected chi connectivity index (χ0v) is 9.12. The number of aromatic nitrogens is 2. The Hall–Kier alpha value is -2.30. The first-order chi connectivity index (χ1) is 8.15. The number of aryl methyl sites for hydroxylation is 1. The lowest BCUT2D eigenvalue weighted by molar-refractivity contribution is 0.439. The van der Waals surface area contributed by atoms with E-state index in [1.165, 1.54) is 6.07 Å². The number of nitrogens with two attached hydrogens (primary N) is 1. The molecular formula is C12H10FN3O. The van der Waals surface area contributed by atoms with Gasteiger partial charge in [0, 0.05) is 23.2 Å². The number of nitrogens with zero attached hydrogens (tertiary/aromatic N) is 1. The molecule has 0 fully saturated rings. The Labute approximate surface area is 96.2 Å². The first-order valence-electron chi connectivity index (χ1n) is 5.15. The number of aromatic amines is 1. The first kappa shape index (κ1) is 9.89. The van der Waals surface area contributed by atoms with Crippen molar-refractivity contribution in [2.45, 2.75) is 6.92 Å². The molecule has 0 aliphatic carbocycles. The fourth-order valence-corrected chi connectivity index (χ4v) is 1.90. The van der Waals surface area contributed by atoms with Gasteiger partial charge in [0.2, 0.25) is 5.88 Å². The highest BCUT2D eigenvalue weighted by Gasteiger charge is 2.11. The highest BCUT2D eigenvalue weighted by Crippen LogP contribution is 2.28. The molecule has 2 heterocycles. The summed E-state index contributed by atoms with van der Waals surface area (Å²) in [7, 11) is 0. The van der Waals surface area contributed by atoms with Crippen molar-refractivity contribution in [3.05, 3.63) is 35.8 Å². The lowest BCUT2D eigenvalue weighted by atomic mass is 10.1. The Kier molecular flexibility index (Phi) is 1.95. The van der Waals surface area contributed by atoms with E-state index in [1.807, 2.05) is 13.0 Å². The number of H-pyrrole nitrogens is 1. The van der Waals surface area contributed by atoms with Crippen molar-refractivity contribution in [2.75, 3.05) is 5.73 Å². The number of hydrogen-bond acceptors (Lipinski definition) is 3. The van der Waals surface area contributed by atoms with Gasteiger partial charge in [-0.3, -0.25) is 0 Å². The summed E-state index contributed by atoms with van der Waals surface area (Å²) in [5.41, 5.74) is 8.12. The van der Waals surface area contributed by atoms with Gasteiger partial charge in [0.15, 0.2) is 0 Å². The average molecular weight is 231 g/mol. The minimum atomic E-state index is -0.313. The highest BCUT2D eigenvalue weighted by atomic mass is 19.1. The molecule has 2 aromatic heterocycles. The van der Waals surface area contributed by atoms with Gasteiger partial charge in [0.05, 0.1) is 5.52 Å². The van der Waals surface area contributed by atoms with Crippen molar-refractivity contribution in [2.24, 2.45) is 0 Å². The molecule has 4 nitrogen and oxygen atoms in total. The molecule has 0 spiro atoms. The third-order valence-corrected chi connectivity index (χ3v) is 2.77. The Morgan fingerprint density at radius 2 is 2.18 bits per heavy atom. The normalized spacial score (nSPS) is 11.2. The van der Waals surface area contributed by atoms with Crippen LogP contribution in [0.5, 0.6) is 0 Å². The molecule has 0 aliphatic rings. The van der Waals surface area contributed by atoms with Crippen LogP contribution in [0.25, 0.3) is 22.2 Å².